The number of ether oxygens (including phenoxy) is 1. The highest BCUT2D eigenvalue weighted by atomic mass is 16.7. The standard InChI is InChI=1S/C17H15NO4/c1-10-7-8-12(9-11(10)2)18-16(20)17(21)14-6-4-3-5-13(14)15(19)22-17/h3-9,21H,1-2H3,(H,18,20). The summed E-state index contributed by atoms with van der Waals surface area (Å²) in [4.78, 5) is 24.2. The van der Waals surface area contributed by atoms with Crippen molar-refractivity contribution in [2.75, 3.05) is 5.32 Å². The van der Waals surface area contributed by atoms with Crippen molar-refractivity contribution in [2.45, 2.75) is 19.6 Å². The first-order chi connectivity index (χ1) is 10.4. The van der Waals surface area contributed by atoms with Gasteiger partial charge >= 0.3 is 17.7 Å². The second kappa shape index (κ2) is 4.96. The van der Waals surface area contributed by atoms with Crippen molar-refractivity contribution < 1.29 is 19.4 Å². The van der Waals surface area contributed by atoms with Gasteiger partial charge in [-0.15, -0.1) is 0 Å². The first-order valence-corrected chi connectivity index (χ1v) is 6.86. The third-order valence-electron chi connectivity index (χ3n) is 3.83. The summed E-state index contributed by atoms with van der Waals surface area (Å²) in [5.41, 5.74) is 2.98. The van der Waals surface area contributed by atoms with E-state index in [1.54, 1.807) is 24.3 Å². The van der Waals surface area contributed by atoms with E-state index in [1.165, 1.54) is 12.1 Å². The molecule has 1 unspecified atom stereocenters. The van der Waals surface area contributed by atoms with Gasteiger partial charge in [0.1, 0.15) is 0 Å². The molecular formula is C17H15NO4. The fraction of sp³-hybridized carbons (Fsp3) is 0.176. The van der Waals surface area contributed by atoms with E-state index in [2.05, 4.69) is 5.32 Å². The van der Waals surface area contributed by atoms with Gasteiger partial charge in [0.05, 0.1) is 5.56 Å². The van der Waals surface area contributed by atoms with Gasteiger partial charge in [0, 0.05) is 11.3 Å². The number of cyclic esters (lactones) is 1. The number of aryl methyl sites for hydroxylation is 2. The summed E-state index contributed by atoms with van der Waals surface area (Å²) in [6, 6.07) is 11.7. The van der Waals surface area contributed by atoms with Gasteiger partial charge in [-0.1, -0.05) is 24.3 Å². The molecule has 0 aromatic heterocycles. The molecule has 0 spiro atoms. The van der Waals surface area contributed by atoms with Gasteiger partial charge in [0.25, 0.3) is 0 Å². The van der Waals surface area contributed by atoms with E-state index >= 15 is 0 Å². The van der Waals surface area contributed by atoms with E-state index in [9.17, 15) is 14.7 Å². The summed E-state index contributed by atoms with van der Waals surface area (Å²) in [5, 5.41) is 13.1. The third kappa shape index (κ3) is 2.16. The maximum absolute atomic E-state index is 12.4. The number of carbonyl (C=O) groups excluding carboxylic acids is 2. The topological polar surface area (TPSA) is 75.6 Å². The van der Waals surface area contributed by atoms with Gasteiger partial charge in [-0.2, -0.15) is 0 Å². The predicted molar refractivity (Wildman–Crippen MR) is 80.3 cm³/mol. The number of benzene rings is 2. The number of esters is 1. The molecule has 1 amide bonds. The molecule has 2 aromatic carbocycles. The number of amides is 1. The number of hydrogen-bond donors (Lipinski definition) is 2. The number of aliphatic hydroxyl groups is 1. The molecule has 1 aliphatic heterocycles. The Morgan fingerprint density at radius 3 is 2.59 bits per heavy atom. The molecule has 1 aliphatic rings. The van der Waals surface area contributed by atoms with Gasteiger partial charge in [-0.3, -0.25) is 4.79 Å². The number of hydrogen-bond acceptors (Lipinski definition) is 4. The van der Waals surface area contributed by atoms with Gasteiger partial charge < -0.3 is 15.2 Å². The van der Waals surface area contributed by atoms with Crippen LogP contribution in [0.1, 0.15) is 27.0 Å². The van der Waals surface area contributed by atoms with Gasteiger partial charge in [-0.25, -0.2) is 4.79 Å². The van der Waals surface area contributed by atoms with Crippen molar-refractivity contribution in [1.29, 1.82) is 0 Å². The van der Waals surface area contributed by atoms with Crippen molar-refractivity contribution in [3.05, 3.63) is 64.7 Å². The molecular weight excluding hydrogens is 282 g/mol. The summed E-state index contributed by atoms with van der Waals surface area (Å²) >= 11 is 0. The van der Waals surface area contributed by atoms with Crippen LogP contribution >= 0.6 is 0 Å². The highest BCUT2D eigenvalue weighted by Crippen LogP contribution is 2.35. The van der Waals surface area contributed by atoms with Gasteiger partial charge in [-0.05, 0) is 43.2 Å². The third-order valence-corrected chi connectivity index (χ3v) is 3.83. The largest absolute Gasteiger partial charge is 0.415 e. The second-order valence-corrected chi connectivity index (χ2v) is 5.33. The molecule has 1 atom stereocenters. The molecule has 22 heavy (non-hydrogen) atoms. The SMILES string of the molecule is Cc1ccc(NC(=O)C2(O)OC(=O)c3ccccc32)cc1C. The van der Waals surface area contributed by atoms with Gasteiger partial charge in [0.15, 0.2) is 0 Å². The quantitative estimate of drug-likeness (QED) is 0.834. The Morgan fingerprint density at radius 2 is 1.86 bits per heavy atom. The number of nitrogens with one attached hydrogen (secondary N) is 1. The summed E-state index contributed by atoms with van der Waals surface area (Å²) in [5.74, 6) is -3.81. The van der Waals surface area contributed by atoms with Crippen LogP contribution in [0.2, 0.25) is 0 Å². The lowest BCUT2D eigenvalue weighted by Crippen LogP contribution is -2.40. The Kier molecular flexibility index (Phi) is 3.22. The van der Waals surface area contributed by atoms with Crippen LogP contribution in [0.25, 0.3) is 0 Å². The maximum atomic E-state index is 12.4. The Labute approximate surface area is 127 Å². The fourth-order valence-corrected chi connectivity index (χ4v) is 2.40. The van der Waals surface area contributed by atoms with Crippen molar-refractivity contribution in [1.82, 2.24) is 0 Å². The van der Waals surface area contributed by atoms with Crippen molar-refractivity contribution in [2.24, 2.45) is 0 Å². The molecule has 0 fully saturated rings. The Balaban J connectivity index is 1.92. The van der Waals surface area contributed by atoms with Crippen LogP contribution in [0.5, 0.6) is 0 Å². The van der Waals surface area contributed by atoms with E-state index in [1.807, 2.05) is 19.9 Å². The summed E-state index contributed by atoms with van der Waals surface area (Å²) in [6.45, 7) is 3.88. The smallest absolute Gasteiger partial charge is 0.341 e. The molecule has 0 radical (unpaired) electrons. The lowest BCUT2D eigenvalue weighted by Gasteiger charge is -2.21. The van der Waals surface area contributed by atoms with E-state index in [0.29, 0.717) is 5.69 Å². The van der Waals surface area contributed by atoms with Crippen LogP contribution in [-0.4, -0.2) is 17.0 Å². The molecule has 5 heteroatoms. The summed E-state index contributed by atoms with van der Waals surface area (Å²) in [7, 11) is 0. The number of carbonyl (C=O) groups is 2. The van der Waals surface area contributed by atoms with Crippen LogP contribution in [0.15, 0.2) is 42.5 Å². The lowest BCUT2D eigenvalue weighted by molar-refractivity contribution is -0.180. The maximum Gasteiger partial charge on any atom is 0.341 e. The molecule has 5 nitrogen and oxygen atoms in total. The van der Waals surface area contributed by atoms with Crippen molar-refractivity contribution in [3.8, 4) is 0 Å². The predicted octanol–water partition coefficient (Wildman–Crippen LogP) is 2.26. The minimum Gasteiger partial charge on any atom is -0.415 e. The zero-order valence-corrected chi connectivity index (χ0v) is 12.2. The number of rotatable bonds is 2. The second-order valence-electron chi connectivity index (χ2n) is 5.33. The molecule has 0 saturated carbocycles. The average molecular weight is 297 g/mol. The van der Waals surface area contributed by atoms with Crippen LogP contribution in [0.4, 0.5) is 5.69 Å². The normalized spacial score (nSPS) is 19.5. The Morgan fingerprint density at radius 1 is 1.14 bits per heavy atom. The Hall–Kier alpha value is -2.66. The summed E-state index contributed by atoms with van der Waals surface area (Å²) < 4.78 is 4.91. The molecule has 2 aromatic rings. The number of anilines is 1. The zero-order valence-electron chi connectivity index (χ0n) is 12.2. The summed E-state index contributed by atoms with van der Waals surface area (Å²) in [6.07, 6.45) is 0. The molecule has 3 rings (SSSR count). The number of fused-ring (bicyclic) bond motifs is 1. The fourth-order valence-electron chi connectivity index (χ4n) is 2.40. The lowest BCUT2D eigenvalue weighted by atomic mass is 10.0. The minimum absolute atomic E-state index is 0.154. The molecule has 0 aliphatic carbocycles. The van der Waals surface area contributed by atoms with E-state index in [0.717, 1.165) is 11.1 Å². The van der Waals surface area contributed by atoms with E-state index in [-0.39, 0.29) is 11.1 Å². The van der Waals surface area contributed by atoms with Crippen molar-refractivity contribution >= 4 is 17.6 Å². The highest BCUT2D eigenvalue weighted by molar-refractivity contribution is 6.05. The molecule has 0 saturated heterocycles. The molecule has 1 heterocycles. The van der Waals surface area contributed by atoms with E-state index < -0.39 is 17.7 Å². The zero-order chi connectivity index (χ0) is 15.9. The van der Waals surface area contributed by atoms with Gasteiger partial charge in [0.2, 0.25) is 0 Å². The average Bonchev–Trinajstić information content (AvgIpc) is 2.76. The minimum atomic E-state index is -2.30. The molecule has 2 N–H and O–H groups in total. The first-order valence-electron chi connectivity index (χ1n) is 6.86. The monoisotopic (exact) mass is 297 g/mol. The first kappa shape index (κ1) is 14.3. The van der Waals surface area contributed by atoms with Crippen LogP contribution in [0.3, 0.4) is 0 Å². The van der Waals surface area contributed by atoms with Crippen LogP contribution < -0.4 is 5.32 Å². The van der Waals surface area contributed by atoms with Crippen LogP contribution in [0, 0.1) is 13.8 Å². The van der Waals surface area contributed by atoms with E-state index in [4.69, 9.17) is 4.74 Å². The highest BCUT2D eigenvalue weighted by Gasteiger charge is 2.50. The van der Waals surface area contributed by atoms with Crippen LogP contribution in [-0.2, 0) is 15.3 Å². The van der Waals surface area contributed by atoms with Crippen molar-refractivity contribution in [3.63, 3.8) is 0 Å². The molecule has 112 valence electrons. The Bertz CT molecular complexity index is 784. The molecule has 0 bridgehead atoms.